The summed E-state index contributed by atoms with van der Waals surface area (Å²) >= 11 is 0. The number of hydrogen-bond acceptors (Lipinski definition) is 4. The van der Waals surface area contributed by atoms with Crippen LogP contribution in [0.4, 0.5) is 5.69 Å². The summed E-state index contributed by atoms with van der Waals surface area (Å²) in [5.41, 5.74) is 1.62. The van der Waals surface area contributed by atoms with E-state index in [2.05, 4.69) is 15.5 Å². The van der Waals surface area contributed by atoms with E-state index in [1.165, 1.54) is 6.92 Å². The second-order valence-electron chi connectivity index (χ2n) is 6.19. The highest BCUT2D eigenvalue weighted by Crippen LogP contribution is 2.11. The number of likely N-dealkylation sites (N-methyl/N-ethyl adjacent to an activating group) is 1. The van der Waals surface area contributed by atoms with E-state index in [4.69, 9.17) is 0 Å². The van der Waals surface area contributed by atoms with E-state index >= 15 is 0 Å². The fourth-order valence-corrected chi connectivity index (χ4v) is 2.74. The summed E-state index contributed by atoms with van der Waals surface area (Å²) < 4.78 is 0. The first-order valence-corrected chi connectivity index (χ1v) is 8.81. The van der Waals surface area contributed by atoms with E-state index < -0.39 is 0 Å². The molecule has 2 N–H and O–H groups in total. The average molecular weight is 358 g/mol. The average Bonchev–Trinajstić information content (AvgIpc) is 2.61. The summed E-state index contributed by atoms with van der Waals surface area (Å²) in [4.78, 5) is 38.7. The molecule has 140 valence electrons. The molecule has 1 heterocycles. The van der Waals surface area contributed by atoms with Crippen LogP contribution >= 0.6 is 0 Å². The standard InChI is InChI=1S/C19H26N4O3/c1-3-20-18(25)14-22-10-12-23(13-11-22)19(26)9-6-16-4-7-17(8-5-16)21-15(2)24/h4-9H,3,10-14H2,1-2H3,(H,20,25)(H,21,24)/b9-6+. The largest absolute Gasteiger partial charge is 0.355 e. The molecule has 2 rings (SSSR count). The number of rotatable bonds is 6. The number of carbonyl (C=O) groups is 3. The lowest BCUT2D eigenvalue weighted by Gasteiger charge is -2.33. The number of carbonyl (C=O) groups excluding carboxylic acids is 3. The molecule has 7 nitrogen and oxygen atoms in total. The zero-order valence-electron chi connectivity index (χ0n) is 15.3. The van der Waals surface area contributed by atoms with Crippen molar-refractivity contribution in [3.05, 3.63) is 35.9 Å². The van der Waals surface area contributed by atoms with Crippen LogP contribution in [0.25, 0.3) is 6.08 Å². The van der Waals surface area contributed by atoms with Gasteiger partial charge in [-0.3, -0.25) is 19.3 Å². The van der Waals surface area contributed by atoms with Gasteiger partial charge in [0.05, 0.1) is 6.54 Å². The maximum absolute atomic E-state index is 12.3. The van der Waals surface area contributed by atoms with Crippen molar-refractivity contribution in [1.29, 1.82) is 0 Å². The first kappa shape index (κ1) is 19.7. The molecular formula is C19H26N4O3. The highest BCUT2D eigenvalue weighted by atomic mass is 16.2. The Bertz CT molecular complexity index is 662. The molecule has 1 saturated heterocycles. The van der Waals surface area contributed by atoms with Gasteiger partial charge in [0.2, 0.25) is 17.7 Å². The zero-order chi connectivity index (χ0) is 18.9. The van der Waals surface area contributed by atoms with E-state index in [-0.39, 0.29) is 17.7 Å². The Hall–Kier alpha value is -2.67. The van der Waals surface area contributed by atoms with Crippen LogP contribution in [0.15, 0.2) is 30.3 Å². The molecule has 26 heavy (non-hydrogen) atoms. The fourth-order valence-electron chi connectivity index (χ4n) is 2.74. The lowest BCUT2D eigenvalue weighted by Crippen LogP contribution is -2.50. The quantitative estimate of drug-likeness (QED) is 0.742. The van der Waals surface area contributed by atoms with Gasteiger partial charge >= 0.3 is 0 Å². The molecule has 1 aromatic carbocycles. The maximum Gasteiger partial charge on any atom is 0.246 e. The van der Waals surface area contributed by atoms with E-state index in [0.717, 1.165) is 11.3 Å². The van der Waals surface area contributed by atoms with Crippen LogP contribution in [-0.4, -0.2) is 66.8 Å². The van der Waals surface area contributed by atoms with Crippen LogP contribution in [0.1, 0.15) is 19.4 Å². The van der Waals surface area contributed by atoms with Gasteiger partial charge in [-0.15, -0.1) is 0 Å². The monoisotopic (exact) mass is 358 g/mol. The minimum absolute atomic E-state index is 0.0230. The fraction of sp³-hybridized carbons (Fsp3) is 0.421. The molecule has 1 aliphatic heterocycles. The van der Waals surface area contributed by atoms with Gasteiger partial charge < -0.3 is 15.5 Å². The first-order chi connectivity index (χ1) is 12.5. The summed E-state index contributed by atoms with van der Waals surface area (Å²) in [7, 11) is 0. The van der Waals surface area contributed by atoms with Gasteiger partial charge in [-0.1, -0.05) is 12.1 Å². The van der Waals surface area contributed by atoms with Crippen molar-refractivity contribution in [2.45, 2.75) is 13.8 Å². The van der Waals surface area contributed by atoms with Crippen LogP contribution in [0.3, 0.4) is 0 Å². The molecule has 0 aromatic heterocycles. The normalized spacial score (nSPS) is 15.1. The Balaban J connectivity index is 1.80. The first-order valence-electron chi connectivity index (χ1n) is 8.81. The Morgan fingerprint density at radius 1 is 1.08 bits per heavy atom. The summed E-state index contributed by atoms with van der Waals surface area (Å²) in [6.07, 6.45) is 3.33. The predicted molar refractivity (Wildman–Crippen MR) is 101 cm³/mol. The number of nitrogens with zero attached hydrogens (tertiary/aromatic N) is 2. The highest BCUT2D eigenvalue weighted by Gasteiger charge is 2.20. The third-order valence-electron chi connectivity index (χ3n) is 4.07. The van der Waals surface area contributed by atoms with Crippen LogP contribution in [0.2, 0.25) is 0 Å². The van der Waals surface area contributed by atoms with Crippen LogP contribution in [-0.2, 0) is 14.4 Å². The molecular weight excluding hydrogens is 332 g/mol. The summed E-state index contributed by atoms with van der Waals surface area (Å²) in [6.45, 7) is 7.00. The Kier molecular flexibility index (Phi) is 7.35. The number of anilines is 1. The van der Waals surface area contributed by atoms with Crippen LogP contribution in [0.5, 0.6) is 0 Å². The van der Waals surface area contributed by atoms with Gasteiger partial charge in [0.15, 0.2) is 0 Å². The van der Waals surface area contributed by atoms with Crippen molar-refractivity contribution in [3.8, 4) is 0 Å². The molecule has 3 amide bonds. The third kappa shape index (κ3) is 6.33. The summed E-state index contributed by atoms with van der Waals surface area (Å²) in [5, 5.41) is 5.49. The zero-order valence-corrected chi connectivity index (χ0v) is 15.3. The molecule has 7 heteroatoms. The van der Waals surface area contributed by atoms with Crippen molar-refractivity contribution in [1.82, 2.24) is 15.1 Å². The van der Waals surface area contributed by atoms with Crippen molar-refractivity contribution in [2.24, 2.45) is 0 Å². The SMILES string of the molecule is CCNC(=O)CN1CCN(C(=O)/C=C/c2ccc(NC(C)=O)cc2)CC1. The Morgan fingerprint density at radius 2 is 1.73 bits per heavy atom. The van der Waals surface area contributed by atoms with Gasteiger partial charge in [-0.05, 0) is 30.7 Å². The Labute approximate surface area is 154 Å². The molecule has 1 fully saturated rings. The number of nitrogens with one attached hydrogen (secondary N) is 2. The smallest absolute Gasteiger partial charge is 0.246 e. The van der Waals surface area contributed by atoms with Gasteiger partial charge in [0.25, 0.3) is 0 Å². The highest BCUT2D eigenvalue weighted by molar-refractivity contribution is 5.92. The molecule has 0 spiro atoms. The number of amides is 3. The van der Waals surface area contributed by atoms with Gasteiger partial charge in [0, 0.05) is 51.4 Å². The molecule has 0 bridgehead atoms. The summed E-state index contributed by atoms with van der Waals surface area (Å²) in [5.74, 6) is -0.127. The van der Waals surface area contributed by atoms with E-state index in [1.807, 2.05) is 19.1 Å². The van der Waals surface area contributed by atoms with Crippen LogP contribution in [0, 0.1) is 0 Å². The molecule has 0 atom stereocenters. The topological polar surface area (TPSA) is 81.8 Å². The van der Waals surface area contributed by atoms with E-state index in [1.54, 1.807) is 29.2 Å². The minimum Gasteiger partial charge on any atom is -0.355 e. The summed E-state index contributed by atoms with van der Waals surface area (Å²) in [6, 6.07) is 7.29. The maximum atomic E-state index is 12.3. The lowest BCUT2D eigenvalue weighted by molar-refractivity contribution is -0.128. The second kappa shape index (κ2) is 9.72. The molecule has 0 aliphatic carbocycles. The van der Waals surface area contributed by atoms with Crippen molar-refractivity contribution >= 4 is 29.5 Å². The van der Waals surface area contributed by atoms with Gasteiger partial charge in [-0.2, -0.15) is 0 Å². The number of piperazine rings is 1. The lowest BCUT2D eigenvalue weighted by atomic mass is 10.2. The molecule has 1 aliphatic rings. The van der Waals surface area contributed by atoms with Crippen molar-refractivity contribution in [3.63, 3.8) is 0 Å². The minimum atomic E-state index is -0.116. The van der Waals surface area contributed by atoms with E-state index in [0.29, 0.717) is 39.3 Å². The van der Waals surface area contributed by atoms with E-state index in [9.17, 15) is 14.4 Å². The third-order valence-corrected chi connectivity index (χ3v) is 4.07. The second-order valence-corrected chi connectivity index (χ2v) is 6.19. The Morgan fingerprint density at radius 3 is 2.31 bits per heavy atom. The molecule has 0 saturated carbocycles. The van der Waals surface area contributed by atoms with Gasteiger partial charge in [0.1, 0.15) is 0 Å². The predicted octanol–water partition coefficient (Wildman–Crippen LogP) is 0.939. The van der Waals surface area contributed by atoms with Crippen molar-refractivity contribution < 1.29 is 14.4 Å². The molecule has 0 radical (unpaired) electrons. The van der Waals surface area contributed by atoms with Gasteiger partial charge in [-0.25, -0.2) is 0 Å². The molecule has 1 aromatic rings. The van der Waals surface area contributed by atoms with Crippen molar-refractivity contribution in [2.75, 3.05) is 44.6 Å². The number of benzene rings is 1. The number of hydrogen-bond donors (Lipinski definition) is 2. The molecule has 0 unspecified atom stereocenters. The van der Waals surface area contributed by atoms with Crippen LogP contribution < -0.4 is 10.6 Å².